The molecule has 0 heterocycles. The number of amides is 1. The number of rotatable bonds is 4. The van der Waals surface area contributed by atoms with E-state index in [2.05, 4.69) is 26.1 Å². The van der Waals surface area contributed by atoms with E-state index in [1.807, 2.05) is 0 Å². The highest BCUT2D eigenvalue weighted by atomic mass is 16.3. The molecule has 0 aromatic rings. The lowest BCUT2D eigenvalue weighted by atomic mass is 9.87. The Morgan fingerprint density at radius 1 is 1.44 bits per heavy atom. The third-order valence-electron chi connectivity index (χ3n) is 3.33. The monoisotopic (exact) mass is 256 g/mol. The van der Waals surface area contributed by atoms with Crippen LogP contribution in [-0.4, -0.2) is 29.2 Å². The smallest absolute Gasteiger partial charge is 0.221 e. The SMILES string of the molecule is CC(C)(C)CC(N)CC(=O)NC1CCCC(O)C1. The average Bonchev–Trinajstić information content (AvgIpc) is 2.13. The molecule has 1 rings (SSSR count). The van der Waals surface area contributed by atoms with Gasteiger partial charge in [0, 0.05) is 18.5 Å². The van der Waals surface area contributed by atoms with Gasteiger partial charge in [-0.05, 0) is 37.5 Å². The van der Waals surface area contributed by atoms with E-state index in [1.165, 1.54) is 0 Å². The lowest BCUT2D eigenvalue weighted by Gasteiger charge is -2.28. The zero-order chi connectivity index (χ0) is 13.8. The van der Waals surface area contributed by atoms with Gasteiger partial charge in [0.15, 0.2) is 0 Å². The van der Waals surface area contributed by atoms with Crippen molar-refractivity contribution in [3.8, 4) is 0 Å². The number of nitrogens with one attached hydrogen (secondary N) is 1. The summed E-state index contributed by atoms with van der Waals surface area (Å²) in [6.45, 7) is 6.38. The Hall–Kier alpha value is -0.610. The van der Waals surface area contributed by atoms with Gasteiger partial charge in [0.1, 0.15) is 0 Å². The molecule has 1 aliphatic carbocycles. The summed E-state index contributed by atoms with van der Waals surface area (Å²) in [4.78, 5) is 11.8. The van der Waals surface area contributed by atoms with Crippen molar-refractivity contribution in [3.63, 3.8) is 0 Å². The summed E-state index contributed by atoms with van der Waals surface area (Å²) < 4.78 is 0. The summed E-state index contributed by atoms with van der Waals surface area (Å²) >= 11 is 0. The van der Waals surface area contributed by atoms with Crippen molar-refractivity contribution < 1.29 is 9.90 Å². The van der Waals surface area contributed by atoms with E-state index in [1.54, 1.807) is 0 Å². The van der Waals surface area contributed by atoms with Crippen LogP contribution in [0.5, 0.6) is 0 Å². The minimum atomic E-state index is -0.257. The van der Waals surface area contributed by atoms with Gasteiger partial charge < -0.3 is 16.2 Å². The van der Waals surface area contributed by atoms with Crippen LogP contribution in [0.2, 0.25) is 0 Å². The molecule has 0 aliphatic heterocycles. The second-order valence-corrected chi connectivity index (χ2v) is 6.81. The zero-order valence-electron chi connectivity index (χ0n) is 11.9. The maximum Gasteiger partial charge on any atom is 0.221 e. The maximum atomic E-state index is 11.8. The second kappa shape index (κ2) is 6.53. The zero-order valence-corrected chi connectivity index (χ0v) is 11.9. The highest BCUT2D eigenvalue weighted by Gasteiger charge is 2.23. The van der Waals surface area contributed by atoms with Crippen LogP contribution < -0.4 is 11.1 Å². The topological polar surface area (TPSA) is 75.4 Å². The van der Waals surface area contributed by atoms with Gasteiger partial charge in [-0.15, -0.1) is 0 Å². The number of aliphatic hydroxyl groups excluding tert-OH is 1. The van der Waals surface area contributed by atoms with Crippen LogP contribution in [0.25, 0.3) is 0 Å². The minimum absolute atomic E-state index is 0.0193. The van der Waals surface area contributed by atoms with Crippen molar-refractivity contribution in [1.82, 2.24) is 5.32 Å². The van der Waals surface area contributed by atoms with Crippen LogP contribution in [0.4, 0.5) is 0 Å². The molecule has 4 N–H and O–H groups in total. The van der Waals surface area contributed by atoms with Crippen LogP contribution in [0.1, 0.15) is 59.3 Å². The van der Waals surface area contributed by atoms with E-state index in [4.69, 9.17) is 5.73 Å². The van der Waals surface area contributed by atoms with E-state index in [0.717, 1.165) is 25.7 Å². The predicted octanol–water partition coefficient (Wildman–Crippen LogP) is 1.56. The molecule has 0 bridgehead atoms. The Kier molecular flexibility index (Phi) is 5.60. The fraction of sp³-hybridized carbons (Fsp3) is 0.929. The normalized spacial score (nSPS) is 26.7. The molecule has 3 unspecified atom stereocenters. The molecule has 0 aromatic carbocycles. The van der Waals surface area contributed by atoms with Crippen LogP contribution in [-0.2, 0) is 4.79 Å². The van der Waals surface area contributed by atoms with Crippen molar-refractivity contribution in [1.29, 1.82) is 0 Å². The molecule has 4 heteroatoms. The van der Waals surface area contributed by atoms with Gasteiger partial charge in [-0.25, -0.2) is 0 Å². The Morgan fingerprint density at radius 2 is 2.11 bits per heavy atom. The summed E-state index contributed by atoms with van der Waals surface area (Å²) in [6.07, 6.45) is 4.46. The molecular weight excluding hydrogens is 228 g/mol. The maximum absolute atomic E-state index is 11.8. The van der Waals surface area contributed by atoms with Crippen LogP contribution in [0.15, 0.2) is 0 Å². The van der Waals surface area contributed by atoms with Crippen LogP contribution in [0.3, 0.4) is 0 Å². The summed E-state index contributed by atoms with van der Waals surface area (Å²) in [5.41, 5.74) is 6.14. The molecular formula is C14H28N2O2. The first-order valence-corrected chi connectivity index (χ1v) is 6.99. The van der Waals surface area contributed by atoms with E-state index < -0.39 is 0 Å². The van der Waals surface area contributed by atoms with Gasteiger partial charge in [0.25, 0.3) is 0 Å². The number of carbonyl (C=O) groups excluding carboxylic acids is 1. The average molecular weight is 256 g/mol. The molecule has 18 heavy (non-hydrogen) atoms. The van der Waals surface area contributed by atoms with E-state index in [9.17, 15) is 9.90 Å². The van der Waals surface area contributed by atoms with Gasteiger partial charge in [0.2, 0.25) is 5.91 Å². The van der Waals surface area contributed by atoms with Crippen molar-refractivity contribution in [3.05, 3.63) is 0 Å². The van der Waals surface area contributed by atoms with Crippen molar-refractivity contribution in [2.24, 2.45) is 11.1 Å². The molecule has 1 aliphatic rings. The Morgan fingerprint density at radius 3 is 2.67 bits per heavy atom. The molecule has 106 valence electrons. The highest BCUT2D eigenvalue weighted by Crippen LogP contribution is 2.21. The summed E-state index contributed by atoms with van der Waals surface area (Å²) in [6, 6.07) is 0.0431. The lowest BCUT2D eigenvalue weighted by molar-refractivity contribution is -0.122. The fourth-order valence-corrected chi connectivity index (χ4v) is 2.68. The Bertz CT molecular complexity index is 273. The molecule has 0 aromatic heterocycles. The number of hydrogen-bond donors (Lipinski definition) is 3. The lowest BCUT2D eigenvalue weighted by Crippen LogP contribution is -2.42. The molecule has 1 amide bonds. The number of nitrogens with two attached hydrogens (primary N) is 1. The largest absolute Gasteiger partial charge is 0.393 e. The van der Waals surface area contributed by atoms with Crippen molar-refractivity contribution in [2.75, 3.05) is 0 Å². The van der Waals surface area contributed by atoms with Crippen molar-refractivity contribution >= 4 is 5.91 Å². The molecule has 0 radical (unpaired) electrons. The van der Waals surface area contributed by atoms with Gasteiger partial charge in [-0.2, -0.15) is 0 Å². The first kappa shape index (κ1) is 15.4. The number of carbonyl (C=O) groups is 1. The van der Waals surface area contributed by atoms with Gasteiger partial charge in [-0.3, -0.25) is 4.79 Å². The highest BCUT2D eigenvalue weighted by molar-refractivity contribution is 5.76. The quantitative estimate of drug-likeness (QED) is 0.714. The number of hydrogen-bond acceptors (Lipinski definition) is 3. The van der Waals surface area contributed by atoms with Gasteiger partial charge in [0.05, 0.1) is 6.10 Å². The third-order valence-corrected chi connectivity index (χ3v) is 3.33. The van der Waals surface area contributed by atoms with Gasteiger partial charge >= 0.3 is 0 Å². The minimum Gasteiger partial charge on any atom is -0.393 e. The second-order valence-electron chi connectivity index (χ2n) is 6.81. The molecule has 0 saturated heterocycles. The van der Waals surface area contributed by atoms with Gasteiger partial charge in [-0.1, -0.05) is 20.8 Å². The molecule has 0 spiro atoms. The number of aliphatic hydroxyl groups is 1. The molecule has 1 fully saturated rings. The Labute approximate surface area is 110 Å². The van der Waals surface area contributed by atoms with Crippen LogP contribution >= 0.6 is 0 Å². The summed E-state index contributed by atoms with van der Waals surface area (Å²) in [5.74, 6) is 0.0193. The fourth-order valence-electron chi connectivity index (χ4n) is 2.68. The summed E-state index contributed by atoms with van der Waals surface area (Å²) in [7, 11) is 0. The molecule has 1 saturated carbocycles. The van der Waals surface area contributed by atoms with Crippen LogP contribution in [0, 0.1) is 5.41 Å². The molecule has 4 nitrogen and oxygen atoms in total. The first-order valence-electron chi connectivity index (χ1n) is 6.99. The third kappa shape index (κ3) is 6.36. The Balaban J connectivity index is 2.28. The van der Waals surface area contributed by atoms with Crippen molar-refractivity contribution in [2.45, 2.75) is 77.5 Å². The standard InChI is InChI=1S/C14H28N2O2/c1-14(2,3)9-10(15)7-13(18)16-11-5-4-6-12(17)8-11/h10-12,17H,4-9,15H2,1-3H3,(H,16,18). The van der Waals surface area contributed by atoms with E-state index in [0.29, 0.717) is 12.8 Å². The van der Waals surface area contributed by atoms with E-state index >= 15 is 0 Å². The predicted molar refractivity (Wildman–Crippen MR) is 73.1 cm³/mol. The molecule has 3 atom stereocenters. The first-order chi connectivity index (χ1) is 8.26. The van der Waals surface area contributed by atoms with E-state index in [-0.39, 0.29) is 29.5 Å². The summed E-state index contributed by atoms with van der Waals surface area (Å²) in [5, 5.41) is 12.5.